The normalized spacial score (nSPS) is 7.50. The van der Waals surface area contributed by atoms with Crippen molar-refractivity contribution < 1.29 is 14.3 Å². The van der Waals surface area contributed by atoms with E-state index in [0.717, 1.165) is 0 Å². The lowest BCUT2D eigenvalue weighted by Crippen LogP contribution is -1.91. The highest BCUT2D eigenvalue weighted by Gasteiger charge is 1.69. The summed E-state index contributed by atoms with van der Waals surface area (Å²) in [6.07, 6.45) is 0. The molecule has 0 aromatic rings. The molecule has 0 aliphatic carbocycles. The second-order valence-electron chi connectivity index (χ2n) is 0.669. The second kappa shape index (κ2) is 4.43. The van der Waals surface area contributed by atoms with Crippen LogP contribution in [0, 0.1) is 0 Å². The molecule has 0 N–H and O–H groups in total. The molecule has 0 aromatic carbocycles. The maximum atomic E-state index is 9.26. The fourth-order valence-corrected chi connectivity index (χ4v) is 0.0958. The molecule has 0 aliphatic rings. The molecule has 0 radical (unpaired) electrons. The topological polar surface area (TPSA) is 35.5 Å². The van der Waals surface area contributed by atoms with E-state index in [9.17, 15) is 4.79 Å². The van der Waals surface area contributed by atoms with Gasteiger partial charge in [0.25, 0.3) is 6.47 Å². The summed E-state index contributed by atoms with van der Waals surface area (Å²) < 4.78 is 8.41. The van der Waals surface area contributed by atoms with Crippen molar-refractivity contribution in [1.29, 1.82) is 0 Å². The van der Waals surface area contributed by atoms with Crippen molar-refractivity contribution in [2.45, 2.75) is 0 Å². The van der Waals surface area contributed by atoms with Gasteiger partial charge < -0.3 is 9.47 Å². The van der Waals surface area contributed by atoms with E-state index in [4.69, 9.17) is 0 Å². The first-order chi connectivity index (χ1) is 2.91. The van der Waals surface area contributed by atoms with Crippen LogP contribution in [0.25, 0.3) is 0 Å². The van der Waals surface area contributed by atoms with E-state index in [2.05, 4.69) is 9.47 Å². The standard InChI is InChI=1S/C3H6O3/c1-5-3-6-2-4/h2H,3H2,1H3. The number of hydrogen-bond donors (Lipinski definition) is 0. The molecule has 0 rings (SSSR count). The number of methoxy groups -OCH3 is 1. The van der Waals surface area contributed by atoms with E-state index < -0.39 is 0 Å². The zero-order valence-corrected chi connectivity index (χ0v) is 3.51. The predicted molar refractivity (Wildman–Crippen MR) is 19.0 cm³/mol. The van der Waals surface area contributed by atoms with Crippen LogP contribution in [0.2, 0.25) is 0 Å². The molecule has 0 bridgehead atoms. The van der Waals surface area contributed by atoms with Crippen molar-refractivity contribution in [3.63, 3.8) is 0 Å². The van der Waals surface area contributed by atoms with Gasteiger partial charge in [0.2, 0.25) is 0 Å². The van der Waals surface area contributed by atoms with Gasteiger partial charge in [0, 0.05) is 7.11 Å². The summed E-state index contributed by atoms with van der Waals surface area (Å²) in [5, 5.41) is 0. The van der Waals surface area contributed by atoms with E-state index in [0.29, 0.717) is 6.47 Å². The molecule has 36 valence electrons. The Balaban J connectivity index is 2.49. The highest BCUT2D eigenvalue weighted by molar-refractivity contribution is 5.36. The first kappa shape index (κ1) is 5.43. The van der Waals surface area contributed by atoms with E-state index in [1.165, 1.54) is 7.11 Å². The number of carbonyl (C=O) groups is 1. The van der Waals surface area contributed by atoms with Crippen molar-refractivity contribution in [3.8, 4) is 0 Å². The first-order valence-corrected chi connectivity index (χ1v) is 1.46. The minimum Gasteiger partial charge on any atom is -0.441 e. The molecule has 0 unspecified atom stereocenters. The van der Waals surface area contributed by atoms with Crippen LogP contribution in [-0.4, -0.2) is 20.4 Å². The van der Waals surface area contributed by atoms with Gasteiger partial charge in [0.1, 0.15) is 0 Å². The molecule has 3 nitrogen and oxygen atoms in total. The zero-order valence-electron chi connectivity index (χ0n) is 3.51. The molecule has 0 amide bonds. The molecule has 0 atom stereocenters. The van der Waals surface area contributed by atoms with Gasteiger partial charge in [-0.2, -0.15) is 0 Å². The van der Waals surface area contributed by atoms with Crippen molar-refractivity contribution >= 4 is 6.47 Å². The van der Waals surface area contributed by atoms with E-state index >= 15 is 0 Å². The van der Waals surface area contributed by atoms with Gasteiger partial charge in [-0.25, -0.2) is 0 Å². The maximum Gasteiger partial charge on any atom is 0.295 e. The average Bonchev–Trinajstić information content (AvgIpc) is 1.61. The monoisotopic (exact) mass is 90.0 g/mol. The third kappa shape index (κ3) is 3.43. The van der Waals surface area contributed by atoms with Gasteiger partial charge in [-0.15, -0.1) is 0 Å². The van der Waals surface area contributed by atoms with Crippen molar-refractivity contribution in [2.75, 3.05) is 13.9 Å². The number of ether oxygens (including phenoxy) is 2. The molecule has 0 saturated carbocycles. The Labute approximate surface area is 35.9 Å². The molecule has 0 heterocycles. The third-order valence-corrected chi connectivity index (χ3v) is 0.254. The van der Waals surface area contributed by atoms with Gasteiger partial charge in [-0.05, 0) is 0 Å². The first-order valence-electron chi connectivity index (χ1n) is 1.46. The molecule has 0 aromatic heterocycles. The van der Waals surface area contributed by atoms with Gasteiger partial charge in [-0.1, -0.05) is 0 Å². The highest BCUT2D eigenvalue weighted by Crippen LogP contribution is 1.62. The smallest absolute Gasteiger partial charge is 0.295 e. The van der Waals surface area contributed by atoms with Gasteiger partial charge in [0.05, 0.1) is 0 Å². The summed E-state index contributed by atoms with van der Waals surface area (Å²) in [4.78, 5) is 9.26. The average molecular weight is 90.1 g/mol. The summed E-state index contributed by atoms with van der Waals surface area (Å²) >= 11 is 0. The van der Waals surface area contributed by atoms with Crippen LogP contribution in [0.4, 0.5) is 0 Å². The zero-order chi connectivity index (χ0) is 4.83. The van der Waals surface area contributed by atoms with Gasteiger partial charge in [0.15, 0.2) is 6.79 Å². The highest BCUT2D eigenvalue weighted by atomic mass is 16.7. The Bertz CT molecular complexity index is 35.0. The van der Waals surface area contributed by atoms with Crippen LogP contribution in [0.15, 0.2) is 0 Å². The quantitative estimate of drug-likeness (QED) is 0.272. The Morgan fingerprint density at radius 2 is 2.50 bits per heavy atom. The van der Waals surface area contributed by atoms with Crippen molar-refractivity contribution in [3.05, 3.63) is 0 Å². The lowest BCUT2D eigenvalue weighted by molar-refractivity contribution is -0.138. The molecule has 3 heteroatoms. The van der Waals surface area contributed by atoms with Crippen molar-refractivity contribution in [2.24, 2.45) is 0 Å². The largest absolute Gasteiger partial charge is 0.441 e. The summed E-state index contributed by atoms with van der Waals surface area (Å²) in [7, 11) is 1.45. The summed E-state index contributed by atoms with van der Waals surface area (Å²) in [6, 6.07) is 0. The molecule has 0 saturated heterocycles. The molecule has 0 aliphatic heterocycles. The SMILES string of the molecule is COCOC=O. The molecular formula is C3H6O3. The molecular weight excluding hydrogens is 84.0 g/mol. The fourth-order valence-electron chi connectivity index (χ4n) is 0.0958. The van der Waals surface area contributed by atoms with Crippen LogP contribution in [0.3, 0.4) is 0 Å². The Kier molecular flexibility index (Phi) is 4.01. The minimum absolute atomic E-state index is 0.0451. The van der Waals surface area contributed by atoms with E-state index in [1.54, 1.807) is 0 Å². The molecule has 6 heavy (non-hydrogen) atoms. The minimum atomic E-state index is 0.0451. The Hall–Kier alpha value is -0.570. The summed E-state index contributed by atoms with van der Waals surface area (Å²) in [5.41, 5.74) is 0. The number of rotatable bonds is 3. The Morgan fingerprint density at radius 3 is 2.67 bits per heavy atom. The fraction of sp³-hybridized carbons (Fsp3) is 0.667. The van der Waals surface area contributed by atoms with Crippen LogP contribution in [0.5, 0.6) is 0 Å². The summed E-state index contributed by atoms with van der Waals surface area (Å²) in [6.45, 7) is 0.382. The van der Waals surface area contributed by atoms with Crippen LogP contribution in [-0.2, 0) is 14.3 Å². The Morgan fingerprint density at radius 1 is 1.83 bits per heavy atom. The van der Waals surface area contributed by atoms with E-state index in [1.807, 2.05) is 0 Å². The second-order valence-corrected chi connectivity index (χ2v) is 0.669. The van der Waals surface area contributed by atoms with E-state index in [-0.39, 0.29) is 6.79 Å². The maximum absolute atomic E-state index is 9.26. The third-order valence-electron chi connectivity index (χ3n) is 0.254. The van der Waals surface area contributed by atoms with Gasteiger partial charge >= 0.3 is 0 Å². The lowest BCUT2D eigenvalue weighted by atomic mass is 11.3. The van der Waals surface area contributed by atoms with Gasteiger partial charge in [-0.3, -0.25) is 4.79 Å². The predicted octanol–water partition coefficient (Wildman–Crippen LogP) is -0.237. The molecule has 0 spiro atoms. The number of hydrogen-bond acceptors (Lipinski definition) is 3. The van der Waals surface area contributed by atoms with Crippen LogP contribution in [0.1, 0.15) is 0 Å². The summed E-state index contributed by atoms with van der Waals surface area (Å²) in [5.74, 6) is 0. The molecule has 0 fully saturated rings. The van der Waals surface area contributed by atoms with Crippen LogP contribution >= 0.6 is 0 Å². The lowest BCUT2D eigenvalue weighted by Gasteiger charge is -1.89. The number of carbonyl (C=O) groups excluding carboxylic acids is 1. The van der Waals surface area contributed by atoms with Crippen LogP contribution < -0.4 is 0 Å². The van der Waals surface area contributed by atoms with Crippen molar-refractivity contribution in [1.82, 2.24) is 0 Å².